The highest BCUT2D eigenvalue weighted by Gasteiger charge is 2.43. The van der Waals surface area contributed by atoms with Crippen molar-refractivity contribution in [2.24, 2.45) is 0 Å². The number of methoxy groups -OCH3 is 3. The molecular formula is C21H22N2O5. The number of piperidine rings is 1. The maximum atomic E-state index is 12.9. The van der Waals surface area contributed by atoms with Gasteiger partial charge < -0.3 is 24.4 Å². The molecule has 0 radical (unpaired) electrons. The minimum atomic E-state index is -0.216. The van der Waals surface area contributed by atoms with Crippen molar-refractivity contribution in [1.82, 2.24) is 5.32 Å². The number of nitrogens with zero attached hydrogens (tertiary/aromatic N) is 1. The minimum Gasteiger partial charge on any atom is -0.497 e. The third-order valence-corrected chi connectivity index (χ3v) is 5.45. The summed E-state index contributed by atoms with van der Waals surface area (Å²) in [6.07, 6.45) is 0.296. The van der Waals surface area contributed by atoms with E-state index in [4.69, 9.17) is 14.2 Å². The van der Waals surface area contributed by atoms with Gasteiger partial charge >= 0.3 is 0 Å². The van der Waals surface area contributed by atoms with Crippen molar-refractivity contribution in [2.75, 3.05) is 32.8 Å². The monoisotopic (exact) mass is 382 g/mol. The Labute approximate surface area is 163 Å². The Morgan fingerprint density at radius 3 is 2.57 bits per heavy atom. The second kappa shape index (κ2) is 7.07. The second-order valence-corrected chi connectivity index (χ2v) is 6.86. The molecule has 2 aromatic rings. The smallest absolute Gasteiger partial charge is 0.255 e. The Morgan fingerprint density at radius 2 is 1.86 bits per heavy atom. The van der Waals surface area contributed by atoms with Gasteiger partial charge in [-0.3, -0.25) is 9.59 Å². The lowest BCUT2D eigenvalue weighted by molar-refractivity contribution is -0.120. The Balaban J connectivity index is 1.70. The normalized spacial score (nSPS) is 20.8. The van der Waals surface area contributed by atoms with Crippen LogP contribution in [0.2, 0.25) is 0 Å². The molecule has 4 rings (SSSR count). The van der Waals surface area contributed by atoms with E-state index in [1.54, 1.807) is 18.1 Å². The molecule has 0 spiro atoms. The summed E-state index contributed by atoms with van der Waals surface area (Å²) in [6, 6.07) is 10.8. The topological polar surface area (TPSA) is 77.1 Å². The zero-order valence-corrected chi connectivity index (χ0v) is 16.0. The van der Waals surface area contributed by atoms with Crippen LogP contribution < -0.4 is 24.4 Å². The van der Waals surface area contributed by atoms with Crippen molar-refractivity contribution in [1.29, 1.82) is 0 Å². The molecule has 2 heterocycles. The van der Waals surface area contributed by atoms with Crippen LogP contribution in [-0.2, 0) is 4.79 Å². The van der Waals surface area contributed by atoms with E-state index < -0.39 is 0 Å². The molecule has 1 N–H and O–H groups in total. The van der Waals surface area contributed by atoms with Gasteiger partial charge in [0, 0.05) is 30.6 Å². The zero-order valence-electron chi connectivity index (χ0n) is 16.0. The lowest BCUT2D eigenvalue weighted by Crippen LogP contribution is -2.56. The number of nitrogens with one attached hydrogen (secondary N) is 1. The summed E-state index contributed by atoms with van der Waals surface area (Å²) >= 11 is 0. The molecule has 7 nitrogen and oxygen atoms in total. The van der Waals surface area contributed by atoms with E-state index in [9.17, 15) is 9.59 Å². The largest absolute Gasteiger partial charge is 0.497 e. The van der Waals surface area contributed by atoms with Gasteiger partial charge in [0.05, 0.1) is 32.9 Å². The number of benzene rings is 2. The van der Waals surface area contributed by atoms with Gasteiger partial charge in [-0.1, -0.05) is 12.1 Å². The molecule has 7 heteroatoms. The van der Waals surface area contributed by atoms with Crippen LogP contribution in [0.5, 0.6) is 17.2 Å². The predicted octanol–water partition coefficient (Wildman–Crippen LogP) is 2.34. The number of anilines is 1. The van der Waals surface area contributed by atoms with Crippen LogP contribution in [0.3, 0.4) is 0 Å². The highest BCUT2D eigenvalue weighted by atomic mass is 16.5. The van der Waals surface area contributed by atoms with E-state index in [1.807, 2.05) is 30.3 Å². The van der Waals surface area contributed by atoms with Crippen molar-refractivity contribution >= 4 is 17.5 Å². The van der Waals surface area contributed by atoms with Crippen molar-refractivity contribution in [3.05, 3.63) is 47.5 Å². The predicted molar refractivity (Wildman–Crippen MR) is 104 cm³/mol. The van der Waals surface area contributed by atoms with Crippen molar-refractivity contribution < 1.29 is 23.8 Å². The number of rotatable bonds is 4. The van der Waals surface area contributed by atoms with Crippen LogP contribution in [0.15, 0.2) is 36.4 Å². The number of carbonyl (C=O) groups is 2. The van der Waals surface area contributed by atoms with E-state index in [-0.39, 0.29) is 23.8 Å². The number of carbonyl (C=O) groups excluding carboxylic acids is 2. The highest BCUT2D eigenvalue weighted by molar-refractivity contribution is 6.03. The van der Waals surface area contributed by atoms with Gasteiger partial charge in [0.2, 0.25) is 5.91 Å². The van der Waals surface area contributed by atoms with Gasteiger partial charge in [-0.05, 0) is 23.8 Å². The molecule has 2 atom stereocenters. The van der Waals surface area contributed by atoms with E-state index in [0.29, 0.717) is 35.8 Å². The van der Waals surface area contributed by atoms with Crippen LogP contribution in [0.4, 0.5) is 5.69 Å². The van der Waals surface area contributed by atoms with E-state index in [0.717, 1.165) is 11.3 Å². The SMILES string of the molecule is COc1cccc(N2C[C@H]3NC(=O)c4c(ccc(OC)c4OC)[C@@H]3CC2=O)c1. The lowest BCUT2D eigenvalue weighted by atomic mass is 9.79. The number of hydrogen-bond donors (Lipinski definition) is 1. The molecule has 0 saturated carbocycles. The number of ether oxygens (including phenoxy) is 3. The molecule has 1 fully saturated rings. The molecule has 0 unspecified atom stereocenters. The first kappa shape index (κ1) is 18.2. The Kier molecular flexibility index (Phi) is 4.58. The third-order valence-electron chi connectivity index (χ3n) is 5.45. The quantitative estimate of drug-likeness (QED) is 0.878. The molecule has 28 heavy (non-hydrogen) atoms. The summed E-state index contributed by atoms with van der Waals surface area (Å²) in [6.45, 7) is 0.399. The van der Waals surface area contributed by atoms with Crippen LogP contribution in [0.1, 0.15) is 28.3 Å². The first-order chi connectivity index (χ1) is 13.6. The van der Waals surface area contributed by atoms with Gasteiger partial charge in [0.15, 0.2) is 11.5 Å². The fourth-order valence-electron chi connectivity index (χ4n) is 4.09. The summed E-state index contributed by atoms with van der Waals surface area (Å²) < 4.78 is 16.0. The summed E-state index contributed by atoms with van der Waals surface area (Å²) in [5, 5.41) is 3.05. The highest BCUT2D eigenvalue weighted by Crippen LogP contribution is 2.43. The van der Waals surface area contributed by atoms with E-state index in [2.05, 4.69) is 5.32 Å². The fraction of sp³-hybridized carbons (Fsp3) is 0.333. The maximum Gasteiger partial charge on any atom is 0.255 e. The molecule has 0 aliphatic carbocycles. The lowest BCUT2D eigenvalue weighted by Gasteiger charge is -2.42. The van der Waals surface area contributed by atoms with Gasteiger partial charge in [-0.15, -0.1) is 0 Å². The molecule has 1 saturated heterocycles. The number of fused-ring (bicyclic) bond motifs is 3. The average Bonchev–Trinajstić information content (AvgIpc) is 2.73. The van der Waals surface area contributed by atoms with Crippen molar-refractivity contribution in [3.63, 3.8) is 0 Å². The molecule has 2 aliphatic rings. The number of hydrogen-bond acceptors (Lipinski definition) is 5. The van der Waals surface area contributed by atoms with Gasteiger partial charge in [0.1, 0.15) is 5.75 Å². The first-order valence-corrected chi connectivity index (χ1v) is 9.07. The summed E-state index contributed by atoms with van der Waals surface area (Å²) in [5.74, 6) is 1.26. The number of amides is 2. The minimum absolute atomic E-state index is 0.00591. The summed E-state index contributed by atoms with van der Waals surface area (Å²) in [7, 11) is 4.63. The van der Waals surface area contributed by atoms with E-state index >= 15 is 0 Å². The molecule has 146 valence electrons. The second-order valence-electron chi connectivity index (χ2n) is 6.86. The van der Waals surface area contributed by atoms with E-state index in [1.165, 1.54) is 14.2 Å². The van der Waals surface area contributed by atoms with Gasteiger partial charge in [-0.25, -0.2) is 0 Å². The first-order valence-electron chi connectivity index (χ1n) is 9.07. The van der Waals surface area contributed by atoms with Crippen LogP contribution in [0, 0.1) is 0 Å². The van der Waals surface area contributed by atoms with Crippen LogP contribution in [-0.4, -0.2) is 45.7 Å². The maximum absolute atomic E-state index is 12.9. The molecule has 2 aliphatic heterocycles. The molecular weight excluding hydrogens is 360 g/mol. The standard InChI is InChI=1S/C21H22N2O5/c1-26-13-6-4-5-12(9-13)23-11-16-15(10-18(23)24)14-7-8-17(27-2)20(28-3)19(14)21(25)22-16/h4-9,15-16H,10-11H2,1-3H3,(H,22,25)/t15-,16+/m0/s1. The summed E-state index contributed by atoms with van der Waals surface area (Å²) in [5.41, 5.74) is 2.03. The van der Waals surface area contributed by atoms with Crippen molar-refractivity contribution in [3.8, 4) is 17.2 Å². The van der Waals surface area contributed by atoms with Crippen molar-refractivity contribution in [2.45, 2.75) is 18.4 Å². The Bertz CT molecular complexity index is 942. The third kappa shape index (κ3) is 2.83. The molecule has 2 amide bonds. The Morgan fingerprint density at radius 1 is 1.04 bits per heavy atom. The molecule has 0 bridgehead atoms. The fourth-order valence-corrected chi connectivity index (χ4v) is 4.09. The van der Waals surface area contributed by atoms with Gasteiger partial charge in [0.25, 0.3) is 5.91 Å². The van der Waals surface area contributed by atoms with Gasteiger partial charge in [-0.2, -0.15) is 0 Å². The van der Waals surface area contributed by atoms with Crippen LogP contribution in [0.25, 0.3) is 0 Å². The molecule has 2 aromatic carbocycles. The summed E-state index contributed by atoms with van der Waals surface area (Å²) in [4.78, 5) is 27.5. The molecule has 0 aromatic heterocycles. The Hall–Kier alpha value is -3.22. The zero-order chi connectivity index (χ0) is 19.8. The average molecular weight is 382 g/mol. The van der Waals surface area contributed by atoms with Crippen LogP contribution >= 0.6 is 0 Å².